The lowest BCUT2D eigenvalue weighted by atomic mass is 10.2. The zero-order valence-electron chi connectivity index (χ0n) is 11.9. The Morgan fingerprint density at radius 3 is 2.57 bits per heavy atom. The van der Waals surface area contributed by atoms with E-state index < -0.39 is 0 Å². The molecule has 9 nitrogen and oxygen atoms in total. The van der Waals surface area contributed by atoms with Crippen LogP contribution in [0.1, 0.15) is 30.9 Å². The SMILES string of the molecule is CCc1nn(Cc2cnc(NN)cn2)c(CC)c1[N+](=O)[O-]. The summed E-state index contributed by atoms with van der Waals surface area (Å²) in [7, 11) is 0. The number of hydrogen-bond acceptors (Lipinski definition) is 7. The van der Waals surface area contributed by atoms with E-state index in [0.717, 1.165) is 0 Å². The molecular formula is C12H17N7O2. The number of aryl methyl sites for hydroxylation is 1. The lowest BCUT2D eigenvalue weighted by Crippen LogP contribution is -2.11. The Kier molecular flexibility index (Phi) is 4.43. The van der Waals surface area contributed by atoms with E-state index in [1.807, 2.05) is 13.8 Å². The highest BCUT2D eigenvalue weighted by molar-refractivity contribution is 5.41. The van der Waals surface area contributed by atoms with Gasteiger partial charge in [-0.15, -0.1) is 0 Å². The molecular weight excluding hydrogens is 274 g/mol. The first-order chi connectivity index (χ1) is 10.1. The maximum atomic E-state index is 11.2. The molecule has 2 rings (SSSR count). The van der Waals surface area contributed by atoms with Crippen molar-refractivity contribution in [2.45, 2.75) is 33.2 Å². The molecule has 2 aromatic heterocycles. The van der Waals surface area contributed by atoms with Gasteiger partial charge in [-0.3, -0.25) is 19.8 Å². The molecule has 0 fully saturated rings. The Bertz CT molecular complexity index is 636. The summed E-state index contributed by atoms with van der Waals surface area (Å²) < 4.78 is 1.62. The van der Waals surface area contributed by atoms with Gasteiger partial charge in [-0.2, -0.15) is 5.10 Å². The fourth-order valence-electron chi connectivity index (χ4n) is 2.14. The van der Waals surface area contributed by atoms with Crippen molar-refractivity contribution in [1.82, 2.24) is 19.7 Å². The Balaban J connectivity index is 2.36. The number of nitrogens with zero attached hydrogens (tertiary/aromatic N) is 5. The van der Waals surface area contributed by atoms with E-state index in [0.29, 0.717) is 42.3 Å². The van der Waals surface area contributed by atoms with Gasteiger partial charge in [0.25, 0.3) is 0 Å². The minimum atomic E-state index is -0.367. The second kappa shape index (κ2) is 6.27. The van der Waals surface area contributed by atoms with Crippen molar-refractivity contribution in [3.63, 3.8) is 0 Å². The summed E-state index contributed by atoms with van der Waals surface area (Å²) >= 11 is 0. The standard InChI is InChI=1S/C12H17N7O2/c1-3-9-12(19(20)21)10(4-2)18(17-9)7-8-5-15-11(16-13)6-14-8/h5-6H,3-4,7,13H2,1-2H3,(H,15,16). The molecule has 0 aliphatic heterocycles. The maximum absolute atomic E-state index is 11.2. The van der Waals surface area contributed by atoms with Gasteiger partial charge in [-0.1, -0.05) is 13.8 Å². The summed E-state index contributed by atoms with van der Waals surface area (Å²) in [6.07, 6.45) is 4.10. The molecule has 0 unspecified atom stereocenters. The Hall–Kier alpha value is -2.55. The van der Waals surface area contributed by atoms with Crippen molar-refractivity contribution in [2.75, 3.05) is 5.43 Å². The third kappa shape index (κ3) is 2.97. The van der Waals surface area contributed by atoms with Gasteiger partial charge in [-0.25, -0.2) is 10.8 Å². The molecule has 0 aromatic carbocycles. The molecule has 0 atom stereocenters. The number of nitrogen functional groups attached to an aromatic ring is 1. The van der Waals surface area contributed by atoms with Crippen molar-refractivity contribution < 1.29 is 4.92 Å². The minimum Gasteiger partial charge on any atom is -0.307 e. The Morgan fingerprint density at radius 1 is 1.33 bits per heavy atom. The predicted molar refractivity (Wildman–Crippen MR) is 76.6 cm³/mol. The zero-order valence-corrected chi connectivity index (χ0v) is 11.9. The van der Waals surface area contributed by atoms with Crippen LogP contribution in [-0.2, 0) is 19.4 Å². The minimum absolute atomic E-state index is 0.105. The fraction of sp³-hybridized carbons (Fsp3) is 0.417. The van der Waals surface area contributed by atoms with Crippen LogP contribution in [0.2, 0.25) is 0 Å². The monoisotopic (exact) mass is 291 g/mol. The van der Waals surface area contributed by atoms with Gasteiger partial charge >= 0.3 is 5.69 Å². The third-order valence-electron chi connectivity index (χ3n) is 3.12. The first-order valence-electron chi connectivity index (χ1n) is 6.61. The van der Waals surface area contributed by atoms with Crippen molar-refractivity contribution in [3.05, 3.63) is 39.6 Å². The van der Waals surface area contributed by atoms with Crippen LogP contribution >= 0.6 is 0 Å². The molecule has 0 bridgehead atoms. The van der Waals surface area contributed by atoms with E-state index >= 15 is 0 Å². The lowest BCUT2D eigenvalue weighted by molar-refractivity contribution is -0.386. The van der Waals surface area contributed by atoms with E-state index in [1.54, 1.807) is 10.9 Å². The molecule has 3 N–H and O–H groups in total. The molecule has 0 saturated heterocycles. The molecule has 0 aliphatic carbocycles. The molecule has 0 spiro atoms. The molecule has 0 radical (unpaired) electrons. The molecule has 9 heteroatoms. The van der Waals surface area contributed by atoms with Crippen LogP contribution in [-0.4, -0.2) is 24.7 Å². The summed E-state index contributed by atoms with van der Waals surface area (Å²) in [5, 5.41) is 15.5. The molecule has 0 saturated carbocycles. The summed E-state index contributed by atoms with van der Waals surface area (Å²) in [5.41, 5.74) is 4.24. The van der Waals surface area contributed by atoms with Gasteiger partial charge in [0.1, 0.15) is 11.4 Å². The van der Waals surface area contributed by atoms with Crippen LogP contribution in [0, 0.1) is 10.1 Å². The number of nitrogens with two attached hydrogens (primary N) is 1. The van der Waals surface area contributed by atoms with Gasteiger partial charge in [0.05, 0.1) is 29.6 Å². The quantitative estimate of drug-likeness (QED) is 0.462. The van der Waals surface area contributed by atoms with Crippen molar-refractivity contribution in [1.29, 1.82) is 0 Å². The van der Waals surface area contributed by atoms with Crippen molar-refractivity contribution in [2.24, 2.45) is 5.84 Å². The topological polar surface area (TPSA) is 125 Å². The molecule has 21 heavy (non-hydrogen) atoms. The normalized spacial score (nSPS) is 10.6. The molecule has 2 aromatic rings. The Labute approximate surface area is 121 Å². The van der Waals surface area contributed by atoms with Crippen molar-refractivity contribution in [3.8, 4) is 0 Å². The number of hydrazine groups is 1. The summed E-state index contributed by atoms with van der Waals surface area (Å²) in [4.78, 5) is 19.1. The lowest BCUT2D eigenvalue weighted by Gasteiger charge is -2.05. The number of anilines is 1. The number of nitrogens with one attached hydrogen (secondary N) is 1. The van der Waals surface area contributed by atoms with Gasteiger partial charge in [-0.05, 0) is 12.8 Å². The Morgan fingerprint density at radius 2 is 2.10 bits per heavy atom. The highest BCUT2D eigenvalue weighted by Gasteiger charge is 2.25. The first kappa shape index (κ1) is 14.9. The predicted octanol–water partition coefficient (Wildman–Crippen LogP) is 1.04. The zero-order chi connectivity index (χ0) is 15.4. The van der Waals surface area contributed by atoms with Crippen LogP contribution in [0.3, 0.4) is 0 Å². The van der Waals surface area contributed by atoms with E-state index in [9.17, 15) is 10.1 Å². The van der Waals surface area contributed by atoms with E-state index in [-0.39, 0.29) is 10.6 Å². The van der Waals surface area contributed by atoms with E-state index in [2.05, 4.69) is 20.5 Å². The second-order valence-electron chi connectivity index (χ2n) is 4.40. The van der Waals surface area contributed by atoms with Crippen LogP contribution in [0.25, 0.3) is 0 Å². The number of hydrogen-bond donors (Lipinski definition) is 2. The fourth-order valence-corrected chi connectivity index (χ4v) is 2.14. The average molecular weight is 291 g/mol. The van der Waals surface area contributed by atoms with Gasteiger partial charge in [0.15, 0.2) is 5.82 Å². The summed E-state index contributed by atoms with van der Waals surface area (Å²) in [6.45, 7) is 4.05. The highest BCUT2D eigenvalue weighted by Crippen LogP contribution is 2.25. The average Bonchev–Trinajstić information content (AvgIpc) is 2.85. The second-order valence-corrected chi connectivity index (χ2v) is 4.40. The van der Waals surface area contributed by atoms with Crippen LogP contribution in [0.5, 0.6) is 0 Å². The highest BCUT2D eigenvalue weighted by atomic mass is 16.6. The molecule has 0 aliphatic rings. The van der Waals surface area contributed by atoms with Gasteiger partial charge < -0.3 is 5.43 Å². The summed E-state index contributed by atoms with van der Waals surface area (Å²) in [6, 6.07) is 0. The van der Waals surface area contributed by atoms with Gasteiger partial charge in [0, 0.05) is 0 Å². The van der Waals surface area contributed by atoms with Crippen LogP contribution in [0.4, 0.5) is 11.5 Å². The first-order valence-corrected chi connectivity index (χ1v) is 6.61. The smallest absolute Gasteiger partial charge is 0.307 e. The van der Waals surface area contributed by atoms with Crippen LogP contribution in [0.15, 0.2) is 12.4 Å². The number of rotatable bonds is 6. The van der Waals surface area contributed by atoms with Crippen molar-refractivity contribution >= 4 is 11.5 Å². The molecule has 2 heterocycles. The molecule has 112 valence electrons. The third-order valence-corrected chi connectivity index (χ3v) is 3.12. The van der Waals surface area contributed by atoms with Gasteiger partial charge in [0.2, 0.25) is 0 Å². The number of aromatic nitrogens is 4. The largest absolute Gasteiger partial charge is 0.313 e. The van der Waals surface area contributed by atoms with E-state index in [1.165, 1.54) is 6.20 Å². The molecule has 0 amide bonds. The van der Waals surface area contributed by atoms with Crippen LogP contribution < -0.4 is 11.3 Å². The van der Waals surface area contributed by atoms with E-state index in [4.69, 9.17) is 5.84 Å². The number of nitro groups is 1. The summed E-state index contributed by atoms with van der Waals surface area (Å²) in [5.74, 6) is 5.68. The maximum Gasteiger partial charge on any atom is 0.313 e.